The molecular weight excluding hydrogens is 374 g/mol. The number of carbonyl (C=O) groups excluding carboxylic acids is 1. The highest BCUT2D eigenvalue weighted by molar-refractivity contribution is 7.08. The fourth-order valence-electron chi connectivity index (χ4n) is 3.03. The minimum absolute atomic E-state index is 0.0881. The minimum Gasteiger partial charge on any atom is -0.493 e. The van der Waals surface area contributed by atoms with Crippen molar-refractivity contribution in [2.45, 2.75) is 6.10 Å². The van der Waals surface area contributed by atoms with Crippen molar-refractivity contribution in [3.05, 3.63) is 76.7 Å². The van der Waals surface area contributed by atoms with Gasteiger partial charge in [0.05, 0.1) is 13.2 Å². The number of fused-ring (bicyclic) bond motifs is 1. The normalized spacial score (nSPS) is 12.1. The molecule has 1 amide bonds. The molecule has 0 saturated heterocycles. The maximum absolute atomic E-state index is 12.4. The van der Waals surface area contributed by atoms with E-state index in [1.807, 2.05) is 41.8 Å². The number of nitrogens with one attached hydrogen (secondary N) is 1. The Balaban J connectivity index is 1.41. The highest BCUT2D eigenvalue weighted by Crippen LogP contribution is 2.28. The second-order valence-corrected chi connectivity index (χ2v) is 7.13. The zero-order valence-corrected chi connectivity index (χ0v) is 16.0. The minimum atomic E-state index is -0.806. The van der Waals surface area contributed by atoms with E-state index in [-0.39, 0.29) is 18.2 Å². The second-order valence-electron chi connectivity index (χ2n) is 6.35. The number of aliphatic hydroxyl groups is 1. The third kappa shape index (κ3) is 3.65. The molecule has 28 heavy (non-hydrogen) atoms. The van der Waals surface area contributed by atoms with Crippen molar-refractivity contribution >= 4 is 28.2 Å². The predicted molar refractivity (Wildman–Crippen MR) is 110 cm³/mol. The van der Waals surface area contributed by atoms with Crippen LogP contribution in [0.5, 0.6) is 5.75 Å². The van der Waals surface area contributed by atoms with Gasteiger partial charge in [-0.2, -0.15) is 11.3 Å². The van der Waals surface area contributed by atoms with Gasteiger partial charge in [-0.15, -0.1) is 0 Å². The van der Waals surface area contributed by atoms with Crippen LogP contribution in [0, 0.1) is 0 Å². The Morgan fingerprint density at radius 1 is 1.18 bits per heavy atom. The Kier molecular flexibility index (Phi) is 5.14. The summed E-state index contributed by atoms with van der Waals surface area (Å²) < 4.78 is 10.9. The van der Waals surface area contributed by atoms with Crippen LogP contribution in [-0.2, 0) is 0 Å². The van der Waals surface area contributed by atoms with Gasteiger partial charge in [-0.05, 0) is 45.6 Å². The molecule has 6 heteroatoms. The number of thiophene rings is 1. The summed E-state index contributed by atoms with van der Waals surface area (Å²) in [5.41, 5.74) is 3.52. The van der Waals surface area contributed by atoms with Gasteiger partial charge in [0, 0.05) is 11.9 Å². The molecular formula is C22H19NO4S. The van der Waals surface area contributed by atoms with Crippen molar-refractivity contribution in [1.29, 1.82) is 0 Å². The summed E-state index contributed by atoms with van der Waals surface area (Å²) in [7, 11) is 1.55. The second kappa shape index (κ2) is 7.88. The van der Waals surface area contributed by atoms with Crippen LogP contribution >= 0.6 is 11.3 Å². The number of furan rings is 1. The number of para-hydroxylation sites is 1. The molecule has 5 nitrogen and oxygen atoms in total. The zero-order valence-electron chi connectivity index (χ0n) is 15.2. The van der Waals surface area contributed by atoms with Crippen LogP contribution in [0.2, 0.25) is 0 Å². The Morgan fingerprint density at radius 2 is 2.00 bits per heavy atom. The molecule has 0 radical (unpaired) electrons. The molecule has 0 aliphatic heterocycles. The van der Waals surface area contributed by atoms with Crippen LogP contribution < -0.4 is 10.1 Å². The summed E-state index contributed by atoms with van der Waals surface area (Å²) in [6.45, 7) is 0.0881. The van der Waals surface area contributed by atoms with E-state index in [1.165, 1.54) is 0 Å². The highest BCUT2D eigenvalue weighted by atomic mass is 32.1. The molecule has 2 aromatic carbocycles. The van der Waals surface area contributed by atoms with Crippen molar-refractivity contribution in [2.75, 3.05) is 13.7 Å². The molecule has 0 bridgehead atoms. The third-order valence-corrected chi connectivity index (χ3v) is 5.24. The number of amides is 1. The number of hydrogen-bond acceptors (Lipinski definition) is 5. The number of benzene rings is 2. The number of aliphatic hydroxyl groups excluding tert-OH is 1. The average Bonchev–Trinajstić information content (AvgIpc) is 3.41. The first kappa shape index (κ1) is 18.3. The summed E-state index contributed by atoms with van der Waals surface area (Å²) in [5.74, 6) is 0.369. The van der Waals surface area contributed by atoms with Gasteiger partial charge in [-0.25, -0.2) is 0 Å². The van der Waals surface area contributed by atoms with Gasteiger partial charge in [0.2, 0.25) is 0 Å². The lowest BCUT2D eigenvalue weighted by atomic mass is 10.0. The lowest BCUT2D eigenvalue weighted by molar-refractivity contribution is 0.0891. The van der Waals surface area contributed by atoms with Crippen LogP contribution in [0.1, 0.15) is 22.2 Å². The van der Waals surface area contributed by atoms with Crippen molar-refractivity contribution < 1.29 is 19.1 Å². The number of ether oxygens (including phenoxy) is 1. The number of methoxy groups -OCH3 is 1. The fraction of sp³-hybridized carbons (Fsp3) is 0.136. The van der Waals surface area contributed by atoms with Crippen molar-refractivity contribution in [3.63, 3.8) is 0 Å². The summed E-state index contributed by atoms with van der Waals surface area (Å²) in [6, 6.07) is 16.8. The molecule has 2 heterocycles. The first-order valence-electron chi connectivity index (χ1n) is 8.81. The number of carbonyl (C=O) groups is 1. The van der Waals surface area contributed by atoms with E-state index >= 15 is 0 Å². The van der Waals surface area contributed by atoms with Crippen molar-refractivity contribution in [1.82, 2.24) is 5.32 Å². The van der Waals surface area contributed by atoms with E-state index in [2.05, 4.69) is 16.8 Å². The molecule has 4 aromatic rings. The van der Waals surface area contributed by atoms with Crippen molar-refractivity contribution in [2.24, 2.45) is 0 Å². The molecule has 0 unspecified atom stereocenters. The van der Waals surface area contributed by atoms with Gasteiger partial charge in [0.25, 0.3) is 5.91 Å². The topological polar surface area (TPSA) is 71.7 Å². The first-order chi connectivity index (χ1) is 13.7. The molecule has 0 aliphatic rings. The SMILES string of the molecule is COc1cccc2cc(C(=O)NC[C@@H](O)c3ccc(-c4ccsc4)cc3)oc12. The van der Waals surface area contributed by atoms with Gasteiger partial charge in [-0.3, -0.25) is 4.79 Å². The maximum atomic E-state index is 12.4. The molecule has 0 saturated carbocycles. The third-order valence-electron chi connectivity index (χ3n) is 4.56. The quantitative estimate of drug-likeness (QED) is 0.501. The van der Waals surface area contributed by atoms with Gasteiger partial charge < -0.3 is 19.6 Å². The standard InChI is InChI=1S/C22H19NO4S/c1-26-19-4-2-3-16-11-20(27-21(16)19)22(25)23-12-18(24)15-7-5-14(6-8-15)17-9-10-28-13-17/h2-11,13,18,24H,12H2,1H3,(H,23,25)/t18-/m1/s1. The monoisotopic (exact) mass is 393 g/mol. The summed E-state index contributed by atoms with van der Waals surface area (Å²) in [6.07, 6.45) is -0.806. The van der Waals surface area contributed by atoms with Gasteiger partial charge in [-0.1, -0.05) is 36.4 Å². The molecule has 4 rings (SSSR count). The molecule has 2 N–H and O–H groups in total. The molecule has 142 valence electrons. The largest absolute Gasteiger partial charge is 0.493 e. The van der Waals surface area contributed by atoms with Crippen LogP contribution in [-0.4, -0.2) is 24.7 Å². The summed E-state index contributed by atoms with van der Waals surface area (Å²) >= 11 is 1.64. The van der Waals surface area contributed by atoms with Crippen LogP contribution in [0.25, 0.3) is 22.1 Å². The molecule has 0 spiro atoms. The highest BCUT2D eigenvalue weighted by Gasteiger charge is 2.16. The van der Waals surface area contributed by atoms with Gasteiger partial charge in [0.15, 0.2) is 17.1 Å². The molecule has 1 atom stereocenters. The van der Waals surface area contributed by atoms with Crippen LogP contribution in [0.3, 0.4) is 0 Å². The van der Waals surface area contributed by atoms with E-state index in [0.717, 1.165) is 22.1 Å². The molecule has 0 fully saturated rings. The van der Waals surface area contributed by atoms with E-state index in [1.54, 1.807) is 30.6 Å². The maximum Gasteiger partial charge on any atom is 0.287 e. The Morgan fingerprint density at radius 3 is 2.71 bits per heavy atom. The average molecular weight is 393 g/mol. The fourth-order valence-corrected chi connectivity index (χ4v) is 3.69. The number of hydrogen-bond donors (Lipinski definition) is 2. The van der Waals surface area contributed by atoms with Gasteiger partial charge >= 0.3 is 0 Å². The molecule has 0 aliphatic carbocycles. The summed E-state index contributed by atoms with van der Waals surface area (Å²) in [5, 5.41) is 18.0. The lowest BCUT2D eigenvalue weighted by Crippen LogP contribution is -2.28. The van der Waals surface area contributed by atoms with Crippen molar-refractivity contribution in [3.8, 4) is 16.9 Å². The predicted octanol–water partition coefficient (Wildman–Crippen LogP) is 4.63. The van der Waals surface area contributed by atoms with Crippen LogP contribution in [0.15, 0.2) is 69.8 Å². The number of rotatable bonds is 6. The van der Waals surface area contributed by atoms with E-state index in [4.69, 9.17) is 9.15 Å². The lowest BCUT2D eigenvalue weighted by Gasteiger charge is -2.12. The van der Waals surface area contributed by atoms with Crippen LogP contribution in [0.4, 0.5) is 0 Å². The van der Waals surface area contributed by atoms with E-state index in [9.17, 15) is 9.90 Å². The zero-order chi connectivity index (χ0) is 19.5. The first-order valence-corrected chi connectivity index (χ1v) is 9.75. The van der Waals surface area contributed by atoms with E-state index < -0.39 is 6.10 Å². The smallest absolute Gasteiger partial charge is 0.287 e. The van der Waals surface area contributed by atoms with E-state index in [0.29, 0.717) is 11.3 Å². The van der Waals surface area contributed by atoms with Gasteiger partial charge in [0.1, 0.15) is 0 Å². The molecule has 2 aromatic heterocycles. The summed E-state index contributed by atoms with van der Waals surface area (Å²) in [4.78, 5) is 12.4. The Bertz CT molecular complexity index is 1080. The Hall–Kier alpha value is -3.09. The Labute approximate surface area is 166 Å².